The van der Waals surface area contributed by atoms with Gasteiger partial charge in [-0.25, -0.2) is 0 Å². The first kappa shape index (κ1) is 15.0. The summed E-state index contributed by atoms with van der Waals surface area (Å²) in [6, 6.07) is 7.27. The number of benzene rings is 1. The minimum absolute atomic E-state index is 0.144. The summed E-state index contributed by atoms with van der Waals surface area (Å²) in [5.41, 5.74) is 6.75. The zero-order valence-corrected chi connectivity index (χ0v) is 12.0. The van der Waals surface area contributed by atoms with Gasteiger partial charge in [-0.1, -0.05) is 26.0 Å². The molecule has 1 rings (SSSR count). The molecular formula is C15H25NO2. The molecule has 102 valence electrons. The average Bonchev–Trinajstić information content (AvgIpc) is 2.26. The second-order valence-corrected chi connectivity index (χ2v) is 6.04. The van der Waals surface area contributed by atoms with Crippen molar-refractivity contribution in [3.63, 3.8) is 0 Å². The fourth-order valence-corrected chi connectivity index (χ4v) is 1.72. The molecule has 3 heteroatoms. The van der Waals surface area contributed by atoms with E-state index >= 15 is 0 Å². The van der Waals surface area contributed by atoms with E-state index in [1.807, 2.05) is 58.9 Å². The van der Waals surface area contributed by atoms with Crippen LogP contribution in [0.5, 0.6) is 5.75 Å². The Hall–Kier alpha value is -1.06. The first-order chi connectivity index (χ1) is 8.20. The van der Waals surface area contributed by atoms with E-state index in [1.54, 1.807) is 0 Å². The Kier molecular flexibility index (Phi) is 4.77. The first-order valence-electron chi connectivity index (χ1n) is 6.43. The van der Waals surface area contributed by atoms with Gasteiger partial charge in [-0.2, -0.15) is 0 Å². The molecule has 3 nitrogen and oxygen atoms in total. The van der Waals surface area contributed by atoms with Crippen molar-refractivity contribution in [3.05, 3.63) is 29.8 Å². The second-order valence-electron chi connectivity index (χ2n) is 6.04. The van der Waals surface area contributed by atoms with E-state index in [2.05, 4.69) is 0 Å². The van der Waals surface area contributed by atoms with Crippen LogP contribution in [0.3, 0.4) is 0 Å². The molecule has 0 heterocycles. The normalized spacial score (nSPS) is 15.6. The van der Waals surface area contributed by atoms with Gasteiger partial charge < -0.3 is 15.6 Å². The summed E-state index contributed by atoms with van der Waals surface area (Å²) in [7, 11) is 0. The molecule has 0 aliphatic carbocycles. The monoisotopic (exact) mass is 251 g/mol. The molecule has 3 N–H and O–H groups in total. The van der Waals surface area contributed by atoms with Crippen molar-refractivity contribution in [2.45, 2.75) is 52.4 Å². The molecule has 0 aliphatic heterocycles. The van der Waals surface area contributed by atoms with Gasteiger partial charge in [-0.15, -0.1) is 0 Å². The molecule has 1 aromatic carbocycles. The number of nitrogens with two attached hydrogens (primary N) is 1. The summed E-state index contributed by atoms with van der Waals surface area (Å²) in [5.74, 6) is 0.961. The van der Waals surface area contributed by atoms with Gasteiger partial charge in [0.2, 0.25) is 0 Å². The average molecular weight is 251 g/mol. The largest absolute Gasteiger partial charge is 0.488 e. The van der Waals surface area contributed by atoms with Crippen LogP contribution in [0.25, 0.3) is 0 Å². The minimum Gasteiger partial charge on any atom is -0.488 e. The molecule has 0 radical (unpaired) electrons. The fraction of sp³-hybridized carbons (Fsp3) is 0.600. The standard InChI is InChI=1S/C15H25NO2/c1-10(2)14(17)13(16)11-6-8-12(9-7-11)18-15(3,4)5/h6-10,13-14,17H,16H2,1-5H3/t13-,14+/m1/s1. The Balaban J connectivity index is 2.77. The van der Waals surface area contributed by atoms with E-state index in [4.69, 9.17) is 10.5 Å². The molecule has 2 atom stereocenters. The molecule has 0 saturated carbocycles. The number of aliphatic hydroxyl groups excluding tert-OH is 1. The fourth-order valence-electron chi connectivity index (χ4n) is 1.72. The SMILES string of the molecule is CC(C)[C@H](O)[C@H](N)c1ccc(OC(C)(C)C)cc1. The zero-order valence-electron chi connectivity index (χ0n) is 12.0. The lowest BCUT2D eigenvalue weighted by molar-refractivity contribution is 0.0977. The first-order valence-corrected chi connectivity index (χ1v) is 6.43. The Morgan fingerprint density at radius 3 is 2.00 bits per heavy atom. The van der Waals surface area contributed by atoms with Crippen molar-refractivity contribution in [3.8, 4) is 5.75 Å². The van der Waals surface area contributed by atoms with Crippen LogP contribution >= 0.6 is 0 Å². The Labute approximate surface area is 110 Å². The van der Waals surface area contributed by atoms with Crippen LogP contribution in [0, 0.1) is 5.92 Å². The number of hydrogen-bond donors (Lipinski definition) is 2. The molecule has 1 aromatic rings. The zero-order chi connectivity index (χ0) is 13.9. The third-order valence-corrected chi connectivity index (χ3v) is 2.74. The van der Waals surface area contributed by atoms with E-state index < -0.39 is 6.10 Å². The van der Waals surface area contributed by atoms with Crippen LogP contribution in [0.1, 0.15) is 46.2 Å². The third kappa shape index (κ3) is 4.31. The highest BCUT2D eigenvalue weighted by atomic mass is 16.5. The molecule has 0 fully saturated rings. The second kappa shape index (κ2) is 5.72. The molecule has 0 unspecified atom stereocenters. The Morgan fingerprint density at radius 2 is 1.61 bits per heavy atom. The summed E-state index contributed by atoms with van der Waals surface area (Å²) in [4.78, 5) is 0. The number of aliphatic hydroxyl groups is 1. The number of rotatable bonds is 4. The van der Waals surface area contributed by atoms with E-state index in [9.17, 15) is 5.11 Å². The highest BCUT2D eigenvalue weighted by Gasteiger charge is 2.20. The van der Waals surface area contributed by atoms with Crippen molar-refractivity contribution < 1.29 is 9.84 Å². The van der Waals surface area contributed by atoms with Gasteiger partial charge in [-0.05, 0) is 44.4 Å². The minimum atomic E-state index is -0.528. The van der Waals surface area contributed by atoms with Gasteiger partial charge in [0.1, 0.15) is 11.4 Å². The predicted molar refractivity (Wildman–Crippen MR) is 74.6 cm³/mol. The molecule has 0 aromatic heterocycles. The summed E-state index contributed by atoms with van der Waals surface area (Å²) in [6.07, 6.45) is -0.528. The quantitative estimate of drug-likeness (QED) is 0.865. The van der Waals surface area contributed by atoms with Gasteiger partial charge in [0.15, 0.2) is 0 Å². The van der Waals surface area contributed by atoms with Crippen LogP contribution < -0.4 is 10.5 Å². The van der Waals surface area contributed by atoms with Crippen LogP contribution in [-0.4, -0.2) is 16.8 Å². The van der Waals surface area contributed by atoms with Crippen molar-refractivity contribution in [1.82, 2.24) is 0 Å². The number of ether oxygens (including phenoxy) is 1. The maximum Gasteiger partial charge on any atom is 0.120 e. The van der Waals surface area contributed by atoms with E-state index in [1.165, 1.54) is 0 Å². The van der Waals surface area contributed by atoms with Gasteiger partial charge in [0, 0.05) is 0 Å². The summed E-state index contributed by atoms with van der Waals surface area (Å²) < 4.78 is 5.74. The van der Waals surface area contributed by atoms with Crippen molar-refractivity contribution in [2.24, 2.45) is 11.7 Å². The lowest BCUT2D eigenvalue weighted by Crippen LogP contribution is -2.30. The van der Waals surface area contributed by atoms with E-state index in [-0.39, 0.29) is 17.6 Å². The van der Waals surface area contributed by atoms with Crippen LogP contribution in [-0.2, 0) is 0 Å². The molecule has 18 heavy (non-hydrogen) atoms. The molecule has 0 saturated heterocycles. The topological polar surface area (TPSA) is 55.5 Å². The molecule has 0 bridgehead atoms. The smallest absolute Gasteiger partial charge is 0.120 e. The van der Waals surface area contributed by atoms with Crippen LogP contribution in [0.4, 0.5) is 0 Å². The maximum atomic E-state index is 9.95. The van der Waals surface area contributed by atoms with E-state index in [0.29, 0.717) is 0 Å². The molecule has 0 aliphatic rings. The lowest BCUT2D eigenvalue weighted by Gasteiger charge is -2.24. The Morgan fingerprint density at radius 1 is 1.11 bits per heavy atom. The van der Waals surface area contributed by atoms with Gasteiger partial charge in [0.05, 0.1) is 12.1 Å². The Bertz CT molecular complexity index is 365. The summed E-state index contributed by atoms with van der Waals surface area (Å²) in [6.45, 7) is 9.95. The number of hydrogen-bond acceptors (Lipinski definition) is 3. The molecular weight excluding hydrogens is 226 g/mol. The molecule has 0 amide bonds. The molecule has 0 spiro atoms. The van der Waals surface area contributed by atoms with Crippen LogP contribution in [0.2, 0.25) is 0 Å². The van der Waals surface area contributed by atoms with Gasteiger partial charge in [0.25, 0.3) is 0 Å². The van der Waals surface area contributed by atoms with Crippen molar-refractivity contribution in [2.75, 3.05) is 0 Å². The van der Waals surface area contributed by atoms with E-state index in [0.717, 1.165) is 11.3 Å². The lowest BCUT2D eigenvalue weighted by atomic mass is 9.94. The van der Waals surface area contributed by atoms with Crippen molar-refractivity contribution in [1.29, 1.82) is 0 Å². The highest BCUT2D eigenvalue weighted by Crippen LogP contribution is 2.23. The maximum absolute atomic E-state index is 9.95. The van der Waals surface area contributed by atoms with Crippen LogP contribution in [0.15, 0.2) is 24.3 Å². The highest BCUT2D eigenvalue weighted by molar-refractivity contribution is 5.30. The van der Waals surface area contributed by atoms with Crippen molar-refractivity contribution >= 4 is 0 Å². The third-order valence-electron chi connectivity index (χ3n) is 2.74. The van der Waals surface area contributed by atoms with Gasteiger partial charge >= 0.3 is 0 Å². The summed E-state index contributed by atoms with van der Waals surface area (Å²) in [5, 5.41) is 9.95. The van der Waals surface area contributed by atoms with Gasteiger partial charge in [-0.3, -0.25) is 0 Å². The summed E-state index contributed by atoms with van der Waals surface area (Å²) >= 11 is 0. The predicted octanol–water partition coefficient (Wildman–Crippen LogP) is 2.88.